The van der Waals surface area contributed by atoms with Gasteiger partial charge in [-0.15, -0.1) is 0 Å². The Morgan fingerprint density at radius 3 is 2.46 bits per heavy atom. The van der Waals surface area contributed by atoms with Gasteiger partial charge >= 0.3 is 0 Å². The molecule has 2 saturated heterocycles. The number of carbonyl (C=O) groups excluding carboxylic acids is 2. The summed E-state index contributed by atoms with van der Waals surface area (Å²) in [7, 11) is 0. The third-order valence-electron chi connectivity index (χ3n) is 4.73. The first-order chi connectivity index (χ1) is 13.6. The number of hydrogen-bond donors (Lipinski definition) is 0. The molecular formula is C21H19ClN2O3S. The summed E-state index contributed by atoms with van der Waals surface area (Å²) in [6.07, 6.45) is 1.76. The number of hydrogen-bond acceptors (Lipinski definition) is 5. The normalized spacial score (nSPS) is 19.0. The van der Waals surface area contributed by atoms with Gasteiger partial charge in [-0.25, -0.2) is 0 Å². The lowest BCUT2D eigenvalue weighted by Gasteiger charge is -2.28. The van der Waals surface area contributed by atoms with Gasteiger partial charge in [0.2, 0.25) is 0 Å². The molecule has 2 fully saturated rings. The van der Waals surface area contributed by atoms with E-state index < -0.39 is 0 Å². The van der Waals surface area contributed by atoms with E-state index in [4.69, 9.17) is 16.3 Å². The van der Waals surface area contributed by atoms with Crippen molar-refractivity contribution in [2.75, 3.05) is 31.2 Å². The van der Waals surface area contributed by atoms with Gasteiger partial charge in [0.1, 0.15) is 0 Å². The number of halogens is 1. The Hall–Kier alpha value is -2.28. The van der Waals surface area contributed by atoms with Crippen LogP contribution in [-0.2, 0) is 16.1 Å². The molecule has 144 valence electrons. The van der Waals surface area contributed by atoms with Crippen molar-refractivity contribution in [2.24, 2.45) is 0 Å². The van der Waals surface area contributed by atoms with Gasteiger partial charge in [-0.1, -0.05) is 41.9 Å². The zero-order chi connectivity index (χ0) is 19.5. The van der Waals surface area contributed by atoms with Crippen LogP contribution in [0.4, 0.5) is 10.5 Å². The molecule has 0 bridgehead atoms. The van der Waals surface area contributed by atoms with E-state index in [9.17, 15) is 9.59 Å². The van der Waals surface area contributed by atoms with Crippen molar-refractivity contribution in [1.82, 2.24) is 4.90 Å². The van der Waals surface area contributed by atoms with Gasteiger partial charge in [0.25, 0.3) is 11.1 Å². The Labute approximate surface area is 172 Å². The van der Waals surface area contributed by atoms with Gasteiger partial charge < -0.3 is 9.64 Å². The lowest BCUT2D eigenvalue weighted by molar-refractivity contribution is -0.123. The largest absolute Gasteiger partial charge is 0.378 e. The summed E-state index contributed by atoms with van der Waals surface area (Å²) in [6.45, 7) is 3.40. The molecule has 2 aliphatic rings. The average molecular weight is 415 g/mol. The molecule has 0 saturated carbocycles. The van der Waals surface area contributed by atoms with E-state index in [1.807, 2.05) is 42.5 Å². The van der Waals surface area contributed by atoms with E-state index in [0.29, 0.717) is 9.93 Å². The molecule has 0 spiro atoms. The minimum atomic E-state index is -0.285. The van der Waals surface area contributed by atoms with E-state index in [-0.39, 0.29) is 17.7 Å². The predicted molar refractivity (Wildman–Crippen MR) is 112 cm³/mol. The van der Waals surface area contributed by atoms with Gasteiger partial charge in [-0.2, -0.15) is 0 Å². The van der Waals surface area contributed by atoms with Crippen LogP contribution in [-0.4, -0.2) is 42.3 Å². The minimum Gasteiger partial charge on any atom is -0.378 e. The third kappa shape index (κ3) is 4.09. The second-order valence-electron chi connectivity index (χ2n) is 6.55. The first kappa shape index (κ1) is 19.1. The van der Waals surface area contributed by atoms with Crippen LogP contribution in [0.3, 0.4) is 0 Å². The molecule has 5 nitrogen and oxygen atoms in total. The maximum Gasteiger partial charge on any atom is 0.293 e. The standard InChI is InChI=1S/C21H19ClN2O3S/c22-18-4-2-1-3-16(18)14-24-20(25)19(28-21(24)26)13-15-5-7-17(8-6-15)23-9-11-27-12-10-23/h1-8,13H,9-12,14H2. The lowest BCUT2D eigenvalue weighted by Crippen LogP contribution is -2.36. The highest BCUT2D eigenvalue weighted by Gasteiger charge is 2.35. The Morgan fingerprint density at radius 1 is 1.04 bits per heavy atom. The molecule has 0 unspecified atom stereocenters. The summed E-state index contributed by atoms with van der Waals surface area (Å²) >= 11 is 7.12. The van der Waals surface area contributed by atoms with Crippen molar-refractivity contribution >= 4 is 46.3 Å². The second kappa shape index (κ2) is 8.39. The molecule has 0 aromatic heterocycles. The highest BCUT2D eigenvalue weighted by Crippen LogP contribution is 2.34. The van der Waals surface area contributed by atoms with Crippen molar-refractivity contribution in [3.63, 3.8) is 0 Å². The first-order valence-corrected chi connectivity index (χ1v) is 10.2. The van der Waals surface area contributed by atoms with Gasteiger partial charge in [-0.05, 0) is 47.2 Å². The molecule has 2 aromatic carbocycles. The van der Waals surface area contributed by atoms with E-state index in [2.05, 4.69) is 4.90 Å². The van der Waals surface area contributed by atoms with Crippen molar-refractivity contribution in [2.45, 2.75) is 6.54 Å². The number of imide groups is 1. The summed E-state index contributed by atoms with van der Waals surface area (Å²) in [4.78, 5) is 29.0. The van der Waals surface area contributed by atoms with Crippen molar-refractivity contribution < 1.29 is 14.3 Å². The SMILES string of the molecule is O=C1SC(=Cc2ccc(N3CCOCC3)cc2)C(=O)N1Cc1ccccc1Cl. The minimum absolute atomic E-state index is 0.178. The predicted octanol–water partition coefficient (Wildman–Crippen LogP) is 4.41. The van der Waals surface area contributed by atoms with Gasteiger partial charge in [0.15, 0.2) is 0 Å². The van der Waals surface area contributed by atoms with Gasteiger partial charge in [0.05, 0.1) is 24.7 Å². The fraction of sp³-hybridized carbons (Fsp3) is 0.238. The molecule has 0 atom stereocenters. The summed E-state index contributed by atoms with van der Waals surface area (Å²) in [5.41, 5.74) is 2.77. The number of ether oxygens (including phenoxy) is 1. The number of amides is 2. The highest BCUT2D eigenvalue weighted by atomic mass is 35.5. The number of carbonyl (C=O) groups is 2. The molecule has 0 aliphatic carbocycles. The zero-order valence-corrected chi connectivity index (χ0v) is 16.7. The van der Waals surface area contributed by atoms with E-state index in [1.165, 1.54) is 4.90 Å². The maximum absolute atomic E-state index is 12.7. The number of thioether (sulfide) groups is 1. The topological polar surface area (TPSA) is 49.9 Å². The molecule has 2 amide bonds. The number of rotatable bonds is 4. The number of benzene rings is 2. The fourth-order valence-electron chi connectivity index (χ4n) is 3.19. The van der Waals surface area contributed by atoms with Crippen molar-refractivity contribution in [1.29, 1.82) is 0 Å². The monoisotopic (exact) mass is 414 g/mol. The smallest absolute Gasteiger partial charge is 0.293 e. The number of anilines is 1. The summed E-state index contributed by atoms with van der Waals surface area (Å²) in [5.74, 6) is -0.285. The van der Waals surface area contributed by atoms with Crippen LogP contribution in [0.2, 0.25) is 5.02 Å². The molecule has 2 heterocycles. The van der Waals surface area contributed by atoms with Crippen LogP contribution in [0.5, 0.6) is 0 Å². The zero-order valence-electron chi connectivity index (χ0n) is 15.1. The van der Waals surface area contributed by atoms with Gasteiger partial charge in [0, 0.05) is 23.8 Å². The second-order valence-corrected chi connectivity index (χ2v) is 7.95. The quantitative estimate of drug-likeness (QED) is 0.693. The van der Waals surface area contributed by atoms with Crippen molar-refractivity contribution in [3.05, 3.63) is 69.6 Å². The highest BCUT2D eigenvalue weighted by molar-refractivity contribution is 8.18. The van der Waals surface area contributed by atoms with Crippen molar-refractivity contribution in [3.8, 4) is 0 Å². The summed E-state index contributed by atoms with van der Waals surface area (Å²) in [6, 6.07) is 15.2. The Kier molecular flexibility index (Phi) is 5.71. The van der Waals surface area contributed by atoms with E-state index in [0.717, 1.165) is 54.9 Å². The molecule has 28 heavy (non-hydrogen) atoms. The van der Waals surface area contributed by atoms with Crippen LogP contribution in [0.15, 0.2) is 53.4 Å². The number of morpholine rings is 1. The van der Waals surface area contributed by atoms with Gasteiger partial charge in [-0.3, -0.25) is 14.5 Å². The van der Waals surface area contributed by atoms with Crippen LogP contribution < -0.4 is 4.90 Å². The molecule has 7 heteroatoms. The summed E-state index contributed by atoms with van der Waals surface area (Å²) in [5, 5.41) is 0.269. The molecule has 4 rings (SSSR count). The fourth-order valence-corrected chi connectivity index (χ4v) is 4.22. The van der Waals surface area contributed by atoms with Crippen LogP contribution in [0.25, 0.3) is 6.08 Å². The lowest BCUT2D eigenvalue weighted by atomic mass is 10.1. The maximum atomic E-state index is 12.7. The van der Waals surface area contributed by atoms with Crippen LogP contribution >= 0.6 is 23.4 Å². The van der Waals surface area contributed by atoms with E-state index in [1.54, 1.807) is 12.1 Å². The van der Waals surface area contributed by atoms with Crippen LogP contribution in [0, 0.1) is 0 Å². The Morgan fingerprint density at radius 2 is 1.75 bits per heavy atom. The van der Waals surface area contributed by atoms with E-state index >= 15 is 0 Å². The molecule has 2 aromatic rings. The Balaban J connectivity index is 1.48. The first-order valence-electron chi connectivity index (χ1n) is 9.03. The molecule has 0 radical (unpaired) electrons. The van der Waals surface area contributed by atoms with Crippen LogP contribution in [0.1, 0.15) is 11.1 Å². The molecule has 2 aliphatic heterocycles. The molecule has 0 N–H and O–H groups in total. The number of nitrogens with zero attached hydrogens (tertiary/aromatic N) is 2. The molecular weight excluding hydrogens is 396 g/mol. The summed E-state index contributed by atoms with van der Waals surface area (Å²) < 4.78 is 5.38. The Bertz CT molecular complexity index is 924. The third-order valence-corrected chi connectivity index (χ3v) is 6.00. The average Bonchev–Trinajstić information content (AvgIpc) is 2.98.